The molecule has 0 spiro atoms. The lowest BCUT2D eigenvalue weighted by Gasteiger charge is -2.39. The molecule has 1 heteroatoms. The Balaban J connectivity index is 4.19. The van der Waals surface area contributed by atoms with Crippen LogP contribution in [0.5, 0.6) is 0 Å². The van der Waals surface area contributed by atoms with Crippen LogP contribution < -0.4 is 0 Å². The summed E-state index contributed by atoms with van der Waals surface area (Å²) in [7, 11) is 0. The van der Waals surface area contributed by atoms with Gasteiger partial charge in [-0.2, -0.15) is 0 Å². The van der Waals surface area contributed by atoms with Crippen LogP contribution in [0, 0.1) is 5.92 Å². The average molecular weight is 185 g/mol. The number of hydrogen-bond donors (Lipinski definition) is 0. The molecule has 0 saturated heterocycles. The molecule has 0 aromatic rings. The van der Waals surface area contributed by atoms with Gasteiger partial charge in [0.05, 0.1) is 0 Å². The summed E-state index contributed by atoms with van der Waals surface area (Å²) in [5.41, 5.74) is 0.383. The van der Waals surface area contributed by atoms with Crippen molar-refractivity contribution in [3.05, 3.63) is 0 Å². The molecule has 0 aromatic heterocycles. The Morgan fingerprint density at radius 2 is 1.69 bits per heavy atom. The van der Waals surface area contributed by atoms with E-state index in [1.54, 1.807) is 0 Å². The zero-order valence-corrected chi connectivity index (χ0v) is 10.4. The van der Waals surface area contributed by atoms with Crippen molar-refractivity contribution < 1.29 is 0 Å². The van der Waals surface area contributed by atoms with Gasteiger partial charge in [-0.25, -0.2) is 0 Å². The summed E-state index contributed by atoms with van der Waals surface area (Å²) in [5.74, 6) is 0.774. The van der Waals surface area contributed by atoms with Crippen LogP contribution >= 0.6 is 0 Å². The molecule has 80 valence electrons. The van der Waals surface area contributed by atoms with Crippen molar-refractivity contribution in [3.8, 4) is 0 Å². The van der Waals surface area contributed by atoms with Crippen LogP contribution in [0.4, 0.5) is 0 Å². The molecule has 0 radical (unpaired) electrons. The van der Waals surface area contributed by atoms with E-state index >= 15 is 0 Å². The monoisotopic (exact) mass is 185 g/mol. The van der Waals surface area contributed by atoms with Gasteiger partial charge in [-0.05, 0) is 32.7 Å². The second kappa shape index (κ2) is 5.64. The zero-order chi connectivity index (χ0) is 10.5. The Bertz CT molecular complexity index is 127. The average Bonchev–Trinajstić information content (AvgIpc) is 1.99. The van der Waals surface area contributed by atoms with E-state index in [2.05, 4.69) is 46.4 Å². The van der Waals surface area contributed by atoms with E-state index in [4.69, 9.17) is 0 Å². The summed E-state index contributed by atoms with van der Waals surface area (Å²) in [6.07, 6.45) is 2.58. The Labute approximate surface area is 84.5 Å². The Kier molecular flexibility index (Phi) is 5.62. The van der Waals surface area contributed by atoms with E-state index in [1.165, 1.54) is 25.9 Å². The minimum atomic E-state index is 0.383. The van der Waals surface area contributed by atoms with Crippen molar-refractivity contribution in [2.45, 2.75) is 59.9 Å². The van der Waals surface area contributed by atoms with Crippen molar-refractivity contribution >= 4 is 0 Å². The second-order valence-corrected chi connectivity index (χ2v) is 4.99. The van der Waals surface area contributed by atoms with Gasteiger partial charge in [-0.3, -0.25) is 4.90 Å². The fraction of sp³-hybridized carbons (Fsp3) is 1.00. The summed E-state index contributed by atoms with van der Waals surface area (Å²) in [4.78, 5) is 2.60. The smallest absolute Gasteiger partial charge is 0.0153 e. The van der Waals surface area contributed by atoms with E-state index in [0.29, 0.717) is 5.54 Å². The van der Waals surface area contributed by atoms with Crippen molar-refractivity contribution in [1.82, 2.24) is 4.90 Å². The normalized spacial score (nSPS) is 12.9. The first-order valence-corrected chi connectivity index (χ1v) is 5.69. The number of hydrogen-bond acceptors (Lipinski definition) is 1. The molecule has 0 rings (SSSR count). The quantitative estimate of drug-likeness (QED) is 0.612. The highest BCUT2D eigenvalue weighted by Crippen LogP contribution is 2.21. The molecule has 0 amide bonds. The summed E-state index contributed by atoms with van der Waals surface area (Å²) in [6.45, 7) is 16.2. The molecule has 13 heavy (non-hydrogen) atoms. The molecule has 0 aliphatic rings. The van der Waals surface area contributed by atoms with Crippen molar-refractivity contribution in [2.24, 2.45) is 5.92 Å². The van der Waals surface area contributed by atoms with Gasteiger partial charge in [0.25, 0.3) is 0 Å². The summed E-state index contributed by atoms with van der Waals surface area (Å²) in [6, 6.07) is 0. The van der Waals surface area contributed by atoms with Crippen molar-refractivity contribution in [2.75, 3.05) is 13.1 Å². The highest BCUT2D eigenvalue weighted by molar-refractivity contribution is 4.80. The van der Waals surface area contributed by atoms with Crippen LogP contribution in [0.25, 0.3) is 0 Å². The van der Waals surface area contributed by atoms with Crippen molar-refractivity contribution in [3.63, 3.8) is 0 Å². The maximum atomic E-state index is 2.60. The fourth-order valence-electron chi connectivity index (χ4n) is 2.01. The van der Waals surface area contributed by atoms with E-state index < -0.39 is 0 Å². The molecule has 1 nitrogen and oxygen atoms in total. The topological polar surface area (TPSA) is 3.24 Å². The van der Waals surface area contributed by atoms with Gasteiger partial charge in [0, 0.05) is 12.1 Å². The molecule has 0 aromatic carbocycles. The lowest BCUT2D eigenvalue weighted by atomic mass is 9.95. The second-order valence-electron chi connectivity index (χ2n) is 4.99. The van der Waals surface area contributed by atoms with E-state index in [-0.39, 0.29) is 0 Å². The molecule has 0 atom stereocenters. The van der Waals surface area contributed by atoms with Gasteiger partial charge in [0.2, 0.25) is 0 Å². The van der Waals surface area contributed by atoms with Gasteiger partial charge in [0.15, 0.2) is 0 Å². The van der Waals surface area contributed by atoms with Gasteiger partial charge in [-0.1, -0.05) is 34.1 Å². The SMILES string of the molecule is CCCC(C)(C)N(CC)CC(C)C. The molecule has 0 aliphatic carbocycles. The Morgan fingerprint density at radius 1 is 1.15 bits per heavy atom. The van der Waals surface area contributed by atoms with E-state index in [9.17, 15) is 0 Å². The first-order valence-electron chi connectivity index (χ1n) is 5.69. The summed E-state index contributed by atoms with van der Waals surface area (Å²) >= 11 is 0. The van der Waals surface area contributed by atoms with Crippen molar-refractivity contribution in [1.29, 1.82) is 0 Å². The minimum absolute atomic E-state index is 0.383. The summed E-state index contributed by atoms with van der Waals surface area (Å²) in [5, 5.41) is 0. The molecule has 0 aliphatic heterocycles. The van der Waals surface area contributed by atoms with Crippen LogP contribution in [0.3, 0.4) is 0 Å². The van der Waals surface area contributed by atoms with Crippen LogP contribution in [0.15, 0.2) is 0 Å². The predicted molar refractivity (Wildman–Crippen MR) is 61.1 cm³/mol. The molecule has 0 unspecified atom stereocenters. The highest BCUT2D eigenvalue weighted by Gasteiger charge is 2.24. The van der Waals surface area contributed by atoms with E-state index in [0.717, 1.165) is 5.92 Å². The zero-order valence-electron chi connectivity index (χ0n) is 10.4. The van der Waals surface area contributed by atoms with E-state index in [1.807, 2.05) is 0 Å². The molecule has 0 saturated carbocycles. The lowest BCUT2D eigenvalue weighted by molar-refractivity contribution is 0.102. The maximum Gasteiger partial charge on any atom is 0.0153 e. The molecule has 0 fully saturated rings. The molecule has 0 heterocycles. The minimum Gasteiger partial charge on any atom is -0.298 e. The van der Waals surface area contributed by atoms with Gasteiger partial charge in [-0.15, -0.1) is 0 Å². The lowest BCUT2D eigenvalue weighted by Crippen LogP contribution is -2.45. The maximum absolute atomic E-state index is 2.60. The summed E-state index contributed by atoms with van der Waals surface area (Å²) < 4.78 is 0. The molecular formula is C12H27N. The fourth-order valence-corrected chi connectivity index (χ4v) is 2.01. The predicted octanol–water partition coefficient (Wildman–Crippen LogP) is 3.54. The van der Waals surface area contributed by atoms with Crippen LogP contribution in [-0.2, 0) is 0 Å². The third kappa shape index (κ3) is 4.66. The molecule has 0 bridgehead atoms. The first-order chi connectivity index (χ1) is 5.94. The number of nitrogens with zero attached hydrogens (tertiary/aromatic N) is 1. The first kappa shape index (κ1) is 13.0. The largest absolute Gasteiger partial charge is 0.298 e. The third-order valence-corrected chi connectivity index (χ3v) is 2.69. The Hall–Kier alpha value is -0.0400. The molecular weight excluding hydrogens is 158 g/mol. The standard InChI is InChI=1S/C12H27N/c1-7-9-12(5,6)13(8-2)10-11(3)4/h11H,7-10H2,1-6H3. The van der Waals surface area contributed by atoms with Gasteiger partial charge in [0.1, 0.15) is 0 Å². The van der Waals surface area contributed by atoms with Crippen LogP contribution in [0.1, 0.15) is 54.4 Å². The third-order valence-electron chi connectivity index (χ3n) is 2.69. The Morgan fingerprint density at radius 3 is 2.00 bits per heavy atom. The van der Waals surface area contributed by atoms with Crippen LogP contribution in [-0.4, -0.2) is 23.5 Å². The number of rotatable bonds is 6. The highest BCUT2D eigenvalue weighted by atomic mass is 15.2. The molecule has 0 N–H and O–H groups in total. The van der Waals surface area contributed by atoms with Crippen LogP contribution in [0.2, 0.25) is 0 Å². The van der Waals surface area contributed by atoms with Gasteiger partial charge < -0.3 is 0 Å². The van der Waals surface area contributed by atoms with Gasteiger partial charge >= 0.3 is 0 Å².